The van der Waals surface area contributed by atoms with Crippen LogP contribution >= 0.6 is 0 Å². The SMILES string of the molecule is CC(=O)c1cccc(NC(=O)N2CCCC[C@H]2c2nnc3n2CCCC3)c1. The number of urea groups is 1. The molecule has 1 fully saturated rings. The van der Waals surface area contributed by atoms with Crippen LogP contribution in [0.15, 0.2) is 24.3 Å². The first-order valence-corrected chi connectivity index (χ1v) is 9.74. The Hall–Kier alpha value is -2.70. The van der Waals surface area contributed by atoms with E-state index in [0.29, 0.717) is 17.8 Å². The van der Waals surface area contributed by atoms with Gasteiger partial charge in [0, 0.05) is 30.8 Å². The zero-order valence-corrected chi connectivity index (χ0v) is 15.6. The molecule has 1 saturated heterocycles. The summed E-state index contributed by atoms with van der Waals surface area (Å²) in [7, 11) is 0. The Morgan fingerprint density at radius 3 is 2.81 bits per heavy atom. The van der Waals surface area contributed by atoms with Crippen LogP contribution < -0.4 is 5.32 Å². The summed E-state index contributed by atoms with van der Waals surface area (Å²) in [5.41, 5.74) is 1.23. The molecule has 2 aliphatic rings. The number of benzene rings is 1. The van der Waals surface area contributed by atoms with Crippen molar-refractivity contribution in [3.05, 3.63) is 41.5 Å². The Bertz CT molecular complexity index is 860. The van der Waals surface area contributed by atoms with Crippen LogP contribution in [0.3, 0.4) is 0 Å². The Kier molecular flexibility index (Phi) is 4.92. The molecule has 2 amide bonds. The number of fused-ring (bicyclic) bond motifs is 1. The third-order valence-corrected chi connectivity index (χ3v) is 5.47. The minimum atomic E-state index is -0.145. The number of anilines is 1. The van der Waals surface area contributed by atoms with Gasteiger partial charge in [0.2, 0.25) is 0 Å². The molecule has 2 aromatic rings. The number of carbonyl (C=O) groups excluding carboxylic acids is 2. The number of hydrogen-bond donors (Lipinski definition) is 1. The molecule has 0 saturated carbocycles. The summed E-state index contributed by atoms with van der Waals surface area (Å²) in [6, 6.07) is 6.88. The lowest BCUT2D eigenvalue weighted by Crippen LogP contribution is -2.42. The summed E-state index contributed by atoms with van der Waals surface area (Å²) in [6.45, 7) is 3.16. The highest BCUT2D eigenvalue weighted by atomic mass is 16.2. The molecule has 0 aliphatic carbocycles. The first-order chi connectivity index (χ1) is 13.1. The number of Topliss-reactive ketones (excluding diaryl/α,β-unsaturated/α-hetero) is 1. The fraction of sp³-hybridized carbons (Fsp3) is 0.500. The molecule has 3 heterocycles. The van der Waals surface area contributed by atoms with Gasteiger partial charge in [-0.15, -0.1) is 10.2 Å². The highest BCUT2D eigenvalue weighted by molar-refractivity contribution is 5.96. The van der Waals surface area contributed by atoms with Crippen LogP contribution in [0.2, 0.25) is 0 Å². The molecule has 1 N–H and O–H groups in total. The minimum Gasteiger partial charge on any atom is -0.314 e. The molecule has 4 rings (SSSR count). The van der Waals surface area contributed by atoms with E-state index < -0.39 is 0 Å². The zero-order chi connectivity index (χ0) is 18.8. The molecule has 2 aliphatic heterocycles. The topological polar surface area (TPSA) is 80.1 Å². The van der Waals surface area contributed by atoms with Crippen molar-refractivity contribution in [2.75, 3.05) is 11.9 Å². The molecular formula is C20H25N5O2. The summed E-state index contributed by atoms with van der Waals surface area (Å²) in [4.78, 5) is 26.5. The third kappa shape index (κ3) is 3.59. The van der Waals surface area contributed by atoms with Gasteiger partial charge in [0.25, 0.3) is 0 Å². The van der Waals surface area contributed by atoms with Gasteiger partial charge in [0.05, 0.1) is 6.04 Å². The molecule has 142 valence electrons. The number of rotatable bonds is 3. The number of likely N-dealkylation sites (tertiary alicyclic amines) is 1. The van der Waals surface area contributed by atoms with Crippen LogP contribution in [0, 0.1) is 0 Å². The number of aryl methyl sites for hydroxylation is 1. The summed E-state index contributed by atoms with van der Waals surface area (Å²) >= 11 is 0. The number of aromatic nitrogens is 3. The van der Waals surface area contributed by atoms with Crippen molar-refractivity contribution >= 4 is 17.5 Å². The summed E-state index contributed by atoms with van der Waals surface area (Å²) < 4.78 is 2.20. The van der Waals surface area contributed by atoms with Crippen LogP contribution in [0.25, 0.3) is 0 Å². The molecule has 27 heavy (non-hydrogen) atoms. The van der Waals surface area contributed by atoms with Gasteiger partial charge >= 0.3 is 6.03 Å². The van der Waals surface area contributed by atoms with E-state index in [-0.39, 0.29) is 17.9 Å². The second-order valence-electron chi connectivity index (χ2n) is 7.36. The van der Waals surface area contributed by atoms with Crippen molar-refractivity contribution in [1.29, 1.82) is 0 Å². The lowest BCUT2D eigenvalue weighted by atomic mass is 10.0. The minimum absolute atomic E-state index is 0.0166. The molecule has 1 aromatic heterocycles. The van der Waals surface area contributed by atoms with Gasteiger partial charge in [-0.05, 0) is 51.2 Å². The number of piperidine rings is 1. The number of nitrogens with one attached hydrogen (secondary N) is 1. The normalized spacial score (nSPS) is 19.4. The van der Waals surface area contributed by atoms with Crippen LogP contribution in [0.5, 0.6) is 0 Å². The number of carbonyl (C=O) groups is 2. The van der Waals surface area contributed by atoms with E-state index in [4.69, 9.17) is 0 Å². The van der Waals surface area contributed by atoms with E-state index >= 15 is 0 Å². The molecule has 0 radical (unpaired) electrons. The molecule has 7 nitrogen and oxygen atoms in total. The maximum atomic E-state index is 13.0. The standard InChI is InChI=1S/C20H25N5O2/c1-14(26)15-7-6-8-16(13-15)21-20(27)24-11-4-2-9-17(24)19-23-22-18-10-3-5-12-25(18)19/h6-8,13,17H,2-5,9-12H2,1H3,(H,21,27)/t17-/m0/s1. The Balaban J connectivity index is 1.55. The second-order valence-corrected chi connectivity index (χ2v) is 7.36. The van der Waals surface area contributed by atoms with Crippen LogP contribution in [-0.2, 0) is 13.0 Å². The van der Waals surface area contributed by atoms with Crippen molar-refractivity contribution in [3.8, 4) is 0 Å². The first kappa shape index (κ1) is 17.7. The van der Waals surface area contributed by atoms with E-state index in [1.165, 1.54) is 6.92 Å². The number of nitrogens with zero attached hydrogens (tertiary/aromatic N) is 4. The van der Waals surface area contributed by atoms with E-state index in [9.17, 15) is 9.59 Å². The van der Waals surface area contributed by atoms with Crippen molar-refractivity contribution in [2.45, 2.75) is 58.0 Å². The van der Waals surface area contributed by atoms with Crippen LogP contribution in [-0.4, -0.2) is 38.0 Å². The third-order valence-electron chi connectivity index (χ3n) is 5.47. The quantitative estimate of drug-likeness (QED) is 0.841. The second kappa shape index (κ2) is 7.50. The van der Waals surface area contributed by atoms with Gasteiger partial charge in [0.15, 0.2) is 11.6 Å². The van der Waals surface area contributed by atoms with Gasteiger partial charge in [-0.25, -0.2) is 4.79 Å². The average Bonchev–Trinajstić information content (AvgIpc) is 3.12. The molecule has 0 spiro atoms. The highest BCUT2D eigenvalue weighted by Gasteiger charge is 2.33. The van der Waals surface area contributed by atoms with Gasteiger partial charge < -0.3 is 14.8 Å². The molecule has 1 aromatic carbocycles. The van der Waals surface area contributed by atoms with Gasteiger partial charge in [-0.1, -0.05) is 12.1 Å². The fourth-order valence-electron chi connectivity index (χ4n) is 4.03. The van der Waals surface area contributed by atoms with Crippen molar-refractivity contribution in [3.63, 3.8) is 0 Å². The Morgan fingerprint density at radius 2 is 1.96 bits per heavy atom. The van der Waals surface area contributed by atoms with E-state index in [2.05, 4.69) is 20.1 Å². The molecule has 1 atom stereocenters. The Labute approximate surface area is 158 Å². The van der Waals surface area contributed by atoms with Gasteiger partial charge in [-0.3, -0.25) is 4.79 Å². The average molecular weight is 367 g/mol. The number of amides is 2. The molecule has 0 bridgehead atoms. The summed E-state index contributed by atoms with van der Waals surface area (Å²) in [5.74, 6) is 1.94. The molecule has 0 unspecified atom stereocenters. The largest absolute Gasteiger partial charge is 0.322 e. The van der Waals surface area contributed by atoms with Gasteiger partial charge in [0.1, 0.15) is 5.82 Å². The lowest BCUT2D eigenvalue weighted by molar-refractivity contribution is 0.101. The number of hydrogen-bond acceptors (Lipinski definition) is 4. The highest BCUT2D eigenvalue weighted by Crippen LogP contribution is 2.32. The lowest BCUT2D eigenvalue weighted by Gasteiger charge is -2.35. The summed E-state index contributed by atoms with van der Waals surface area (Å²) in [6.07, 6.45) is 6.21. The summed E-state index contributed by atoms with van der Waals surface area (Å²) in [5, 5.41) is 11.8. The smallest absolute Gasteiger partial charge is 0.314 e. The molecule has 7 heteroatoms. The van der Waals surface area contributed by atoms with Crippen LogP contribution in [0.1, 0.15) is 67.1 Å². The predicted molar refractivity (Wildman–Crippen MR) is 102 cm³/mol. The van der Waals surface area contributed by atoms with E-state index in [1.807, 2.05) is 11.0 Å². The number of ketones is 1. The van der Waals surface area contributed by atoms with Gasteiger partial charge in [-0.2, -0.15) is 0 Å². The first-order valence-electron chi connectivity index (χ1n) is 9.74. The Morgan fingerprint density at radius 1 is 1.11 bits per heavy atom. The van der Waals surface area contributed by atoms with Crippen molar-refractivity contribution in [2.24, 2.45) is 0 Å². The van der Waals surface area contributed by atoms with E-state index in [1.54, 1.807) is 18.2 Å². The monoisotopic (exact) mass is 367 g/mol. The van der Waals surface area contributed by atoms with E-state index in [0.717, 1.165) is 56.7 Å². The maximum Gasteiger partial charge on any atom is 0.322 e. The molecular weight excluding hydrogens is 342 g/mol. The van der Waals surface area contributed by atoms with Crippen molar-refractivity contribution in [1.82, 2.24) is 19.7 Å². The zero-order valence-electron chi connectivity index (χ0n) is 15.6. The fourth-order valence-corrected chi connectivity index (χ4v) is 4.03. The maximum absolute atomic E-state index is 13.0. The van der Waals surface area contributed by atoms with Crippen LogP contribution in [0.4, 0.5) is 10.5 Å². The van der Waals surface area contributed by atoms with Crippen molar-refractivity contribution < 1.29 is 9.59 Å². The predicted octanol–water partition coefficient (Wildman–Crippen LogP) is 3.58.